The number of aryl methyl sites for hydroxylation is 1. The fraction of sp³-hybridized carbons (Fsp3) is 0.545. The van der Waals surface area contributed by atoms with Gasteiger partial charge in [-0.15, -0.1) is 24.8 Å². The number of halogens is 2. The minimum atomic E-state index is 0. The van der Waals surface area contributed by atoms with Gasteiger partial charge in [0.25, 0.3) is 0 Å². The number of rotatable bonds is 2. The van der Waals surface area contributed by atoms with Crippen molar-refractivity contribution in [2.75, 3.05) is 18.4 Å². The van der Waals surface area contributed by atoms with Crippen molar-refractivity contribution in [1.29, 1.82) is 0 Å². The van der Waals surface area contributed by atoms with Crippen LogP contribution in [-0.4, -0.2) is 24.1 Å². The fourth-order valence-corrected chi connectivity index (χ4v) is 1.73. The van der Waals surface area contributed by atoms with Gasteiger partial charge in [-0.3, -0.25) is 0 Å². The Kier molecular flexibility index (Phi) is 7.47. The van der Waals surface area contributed by atoms with Gasteiger partial charge in [0.2, 0.25) is 0 Å². The molecule has 0 atom stereocenters. The van der Waals surface area contributed by atoms with Crippen LogP contribution in [0.25, 0.3) is 0 Å². The third-order valence-electron chi connectivity index (χ3n) is 2.60. The Morgan fingerprint density at radius 3 is 2.50 bits per heavy atom. The van der Waals surface area contributed by atoms with Crippen LogP contribution in [0.5, 0.6) is 0 Å². The maximum atomic E-state index is 4.34. The van der Waals surface area contributed by atoms with Crippen LogP contribution in [0.3, 0.4) is 0 Å². The summed E-state index contributed by atoms with van der Waals surface area (Å²) in [5, 5.41) is 6.81. The average Bonchev–Trinajstić information content (AvgIpc) is 2.23. The van der Waals surface area contributed by atoms with E-state index in [1.165, 1.54) is 18.4 Å². The largest absolute Gasteiger partial charge is 0.367 e. The van der Waals surface area contributed by atoms with Gasteiger partial charge in [0.15, 0.2) is 0 Å². The second-order valence-electron chi connectivity index (χ2n) is 3.89. The van der Waals surface area contributed by atoms with Crippen molar-refractivity contribution >= 4 is 30.6 Å². The van der Waals surface area contributed by atoms with Crippen molar-refractivity contribution in [3.05, 3.63) is 23.9 Å². The number of nitrogens with one attached hydrogen (secondary N) is 2. The van der Waals surface area contributed by atoms with E-state index in [0.717, 1.165) is 18.9 Å². The van der Waals surface area contributed by atoms with E-state index in [4.69, 9.17) is 0 Å². The van der Waals surface area contributed by atoms with Crippen LogP contribution in [-0.2, 0) is 0 Å². The lowest BCUT2D eigenvalue weighted by molar-refractivity contribution is 0.478. The van der Waals surface area contributed by atoms with Crippen LogP contribution >= 0.6 is 24.8 Å². The van der Waals surface area contributed by atoms with Crippen molar-refractivity contribution in [1.82, 2.24) is 10.3 Å². The highest BCUT2D eigenvalue weighted by atomic mass is 35.5. The molecule has 0 aromatic carbocycles. The number of piperidine rings is 1. The number of anilines is 1. The van der Waals surface area contributed by atoms with Crippen molar-refractivity contribution in [2.24, 2.45) is 0 Å². The SMILES string of the molecule is Cc1ccc(NC2CCNCC2)nc1.Cl.Cl. The highest BCUT2D eigenvalue weighted by Crippen LogP contribution is 2.10. The fourth-order valence-electron chi connectivity index (χ4n) is 1.73. The van der Waals surface area contributed by atoms with E-state index in [1.807, 2.05) is 6.20 Å². The molecule has 1 aromatic heterocycles. The van der Waals surface area contributed by atoms with Gasteiger partial charge in [-0.1, -0.05) is 6.07 Å². The number of pyridine rings is 1. The summed E-state index contributed by atoms with van der Waals surface area (Å²) in [5.41, 5.74) is 1.21. The van der Waals surface area contributed by atoms with Crippen molar-refractivity contribution in [3.63, 3.8) is 0 Å². The Morgan fingerprint density at radius 1 is 1.25 bits per heavy atom. The lowest BCUT2D eigenvalue weighted by atomic mass is 10.1. The quantitative estimate of drug-likeness (QED) is 0.861. The summed E-state index contributed by atoms with van der Waals surface area (Å²) in [5.74, 6) is 1.00. The number of nitrogens with zero attached hydrogens (tertiary/aromatic N) is 1. The van der Waals surface area contributed by atoms with E-state index < -0.39 is 0 Å². The molecular formula is C11H19Cl2N3. The maximum Gasteiger partial charge on any atom is 0.126 e. The van der Waals surface area contributed by atoms with Gasteiger partial charge in [-0.05, 0) is 44.5 Å². The first kappa shape index (κ1) is 15.5. The third-order valence-corrected chi connectivity index (χ3v) is 2.60. The molecule has 0 spiro atoms. The first-order chi connectivity index (χ1) is 6.84. The molecule has 3 nitrogen and oxygen atoms in total. The molecule has 0 saturated carbocycles. The smallest absolute Gasteiger partial charge is 0.126 e. The monoisotopic (exact) mass is 263 g/mol. The molecule has 0 amide bonds. The maximum absolute atomic E-state index is 4.34. The molecule has 1 saturated heterocycles. The normalized spacial score (nSPS) is 15.8. The second kappa shape index (κ2) is 7.71. The standard InChI is InChI=1S/C11H17N3.2ClH/c1-9-2-3-11(13-8-9)14-10-4-6-12-7-5-10;;/h2-3,8,10,12H,4-7H2,1H3,(H,13,14);2*1H. The molecule has 1 fully saturated rings. The molecule has 92 valence electrons. The molecule has 2 rings (SSSR count). The van der Waals surface area contributed by atoms with E-state index in [9.17, 15) is 0 Å². The Balaban J connectivity index is 0.00000112. The van der Waals surface area contributed by atoms with Crippen LogP contribution < -0.4 is 10.6 Å². The minimum Gasteiger partial charge on any atom is -0.367 e. The van der Waals surface area contributed by atoms with Crippen LogP contribution in [0.1, 0.15) is 18.4 Å². The summed E-state index contributed by atoms with van der Waals surface area (Å²) in [6.45, 7) is 4.29. The third kappa shape index (κ3) is 4.56. The predicted molar refractivity (Wildman–Crippen MR) is 73.0 cm³/mol. The van der Waals surface area contributed by atoms with Crippen LogP contribution in [0.4, 0.5) is 5.82 Å². The zero-order valence-corrected chi connectivity index (χ0v) is 11.0. The van der Waals surface area contributed by atoms with Gasteiger partial charge in [-0.25, -0.2) is 4.98 Å². The van der Waals surface area contributed by atoms with Crippen LogP contribution in [0.15, 0.2) is 18.3 Å². The summed E-state index contributed by atoms with van der Waals surface area (Å²) in [6.07, 6.45) is 4.29. The van der Waals surface area contributed by atoms with Crippen molar-refractivity contribution in [3.8, 4) is 0 Å². The molecule has 2 heterocycles. The molecular weight excluding hydrogens is 245 g/mol. The van der Waals surface area contributed by atoms with Crippen molar-refractivity contribution < 1.29 is 0 Å². The lowest BCUT2D eigenvalue weighted by Crippen LogP contribution is -2.35. The molecule has 1 aliphatic heterocycles. The number of aromatic nitrogens is 1. The van der Waals surface area contributed by atoms with Crippen LogP contribution in [0, 0.1) is 6.92 Å². The van der Waals surface area contributed by atoms with E-state index in [-0.39, 0.29) is 24.8 Å². The van der Waals surface area contributed by atoms with Crippen LogP contribution in [0.2, 0.25) is 0 Å². The summed E-state index contributed by atoms with van der Waals surface area (Å²) >= 11 is 0. The molecule has 1 aliphatic rings. The topological polar surface area (TPSA) is 37.0 Å². The minimum absolute atomic E-state index is 0. The van der Waals surface area contributed by atoms with Gasteiger partial charge >= 0.3 is 0 Å². The average molecular weight is 264 g/mol. The Labute approximate surface area is 109 Å². The highest BCUT2D eigenvalue weighted by molar-refractivity contribution is 5.85. The van der Waals surface area contributed by atoms with E-state index in [0.29, 0.717) is 6.04 Å². The highest BCUT2D eigenvalue weighted by Gasteiger charge is 2.12. The molecule has 0 aliphatic carbocycles. The molecule has 5 heteroatoms. The lowest BCUT2D eigenvalue weighted by Gasteiger charge is -2.24. The van der Waals surface area contributed by atoms with Gasteiger partial charge in [0, 0.05) is 12.2 Å². The van der Waals surface area contributed by atoms with E-state index >= 15 is 0 Å². The second-order valence-corrected chi connectivity index (χ2v) is 3.89. The first-order valence-corrected chi connectivity index (χ1v) is 5.24. The van der Waals surface area contributed by atoms with E-state index in [1.54, 1.807) is 0 Å². The summed E-state index contributed by atoms with van der Waals surface area (Å²) < 4.78 is 0. The summed E-state index contributed by atoms with van der Waals surface area (Å²) in [6, 6.07) is 4.74. The van der Waals surface area contributed by atoms with Gasteiger partial charge < -0.3 is 10.6 Å². The zero-order chi connectivity index (χ0) is 9.80. The molecule has 0 bridgehead atoms. The zero-order valence-electron chi connectivity index (χ0n) is 9.40. The number of hydrogen-bond acceptors (Lipinski definition) is 3. The number of hydrogen-bond donors (Lipinski definition) is 2. The molecule has 1 aromatic rings. The Bertz CT molecular complexity index is 284. The van der Waals surface area contributed by atoms with Gasteiger partial charge in [-0.2, -0.15) is 0 Å². The predicted octanol–water partition coefficient (Wildman–Crippen LogP) is 2.40. The van der Waals surface area contributed by atoms with Gasteiger partial charge in [0.1, 0.15) is 5.82 Å². The Hall–Kier alpha value is -0.510. The first-order valence-electron chi connectivity index (χ1n) is 5.24. The Morgan fingerprint density at radius 2 is 1.94 bits per heavy atom. The summed E-state index contributed by atoms with van der Waals surface area (Å²) in [7, 11) is 0. The molecule has 0 radical (unpaired) electrons. The van der Waals surface area contributed by atoms with E-state index in [2.05, 4.69) is 34.7 Å². The molecule has 0 unspecified atom stereocenters. The molecule has 2 N–H and O–H groups in total. The molecule has 16 heavy (non-hydrogen) atoms. The van der Waals surface area contributed by atoms with Gasteiger partial charge in [0.05, 0.1) is 0 Å². The van der Waals surface area contributed by atoms with Crippen molar-refractivity contribution in [2.45, 2.75) is 25.8 Å². The summed E-state index contributed by atoms with van der Waals surface area (Å²) in [4.78, 5) is 4.34.